The molecule has 180 valence electrons. The lowest BCUT2D eigenvalue weighted by molar-refractivity contribution is 0.0741. The quantitative estimate of drug-likeness (QED) is 0.461. The molecular weight excluding hydrogens is 410 g/mol. The highest BCUT2D eigenvalue weighted by Gasteiger charge is 2.21. The van der Waals surface area contributed by atoms with Gasteiger partial charge >= 0.3 is 0 Å². The first-order valence-electron chi connectivity index (χ1n) is 10.7. The van der Waals surface area contributed by atoms with Crippen molar-refractivity contribution in [2.45, 2.75) is 13.8 Å². The molecular formula is C24H39N3O5. The van der Waals surface area contributed by atoms with Gasteiger partial charge in [-0.2, -0.15) is 0 Å². The number of amides is 2. The Morgan fingerprint density at radius 3 is 1.34 bits per heavy atom. The molecule has 1 aromatic rings. The van der Waals surface area contributed by atoms with E-state index in [1.165, 1.54) is 0 Å². The zero-order valence-corrected chi connectivity index (χ0v) is 20.9. The molecule has 0 N–H and O–H groups in total. The van der Waals surface area contributed by atoms with Crippen molar-refractivity contribution in [2.75, 3.05) is 81.9 Å². The number of hydrogen-bond acceptors (Lipinski definition) is 6. The third kappa shape index (κ3) is 7.93. The van der Waals surface area contributed by atoms with Crippen LogP contribution in [-0.4, -0.2) is 108 Å². The highest BCUT2D eigenvalue weighted by atomic mass is 16.5. The van der Waals surface area contributed by atoms with Gasteiger partial charge in [-0.3, -0.25) is 9.59 Å². The Hall–Kier alpha value is -2.42. The summed E-state index contributed by atoms with van der Waals surface area (Å²) in [5.74, 6) is -0.324. The molecule has 0 unspecified atom stereocenters. The maximum atomic E-state index is 13.1. The first-order chi connectivity index (χ1) is 15.2. The highest BCUT2D eigenvalue weighted by molar-refractivity contribution is 6.01. The fourth-order valence-electron chi connectivity index (χ4n) is 3.34. The first-order valence-corrected chi connectivity index (χ1v) is 10.7. The third-order valence-electron chi connectivity index (χ3n) is 5.14. The predicted octanol–water partition coefficient (Wildman–Crippen LogP) is 2.45. The number of methoxy groups -OCH3 is 3. The third-order valence-corrected chi connectivity index (χ3v) is 5.14. The largest absolute Gasteiger partial charge is 0.383 e. The Balaban J connectivity index is 3.49. The zero-order chi connectivity index (χ0) is 24.3. The molecule has 0 fully saturated rings. The lowest BCUT2D eigenvalue weighted by Crippen LogP contribution is -2.32. The Morgan fingerprint density at radius 2 is 1.00 bits per heavy atom. The van der Waals surface area contributed by atoms with Crippen LogP contribution in [0.15, 0.2) is 23.8 Å². The van der Waals surface area contributed by atoms with Gasteiger partial charge in [0.25, 0.3) is 11.8 Å². The Morgan fingerprint density at radius 1 is 0.656 bits per heavy atom. The van der Waals surface area contributed by atoms with E-state index >= 15 is 0 Å². The van der Waals surface area contributed by atoms with E-state index in [0.29, 0.717) is 50.6 Å². The van der Waals surface area contributed by atoms with Crippen molar-refractivity contribution in [3.8, 4) is 0 Å². The summed E-state index contributed by atoms with van der Waals surface area (Å²) in [5.41, 5.74) is 3.78. The molecule has 0 aliphatic rings. The van der Waals surface area contributed by atoms with Gasteiger partial charge in [-0.1, -0.05) is 5.57 Å². The van der Waals surface area contributed by atoms with E-state index in [1.807, 2.05) is 33.0 Å². The molecule has 0 bridgehead atoms. The van der Waals surface area contributed by atoms with Crippen LogP contribution in [0, 0.1) is 0 Å². The summed E-state index contributed by atoms with van der Waals surface area (Å²) in [6.07, 6.45) is 0. The monoisotopic (exact) mass is 449 g/mol. The van der Waals surface area contributed by atoms with Gasteiger partial charge in [-0.15, -0.1) is 0 Å². The number of likely N-dealkylation sites (N-methyl/N-ethyl adjacent to an activating group) is 3. The number of ether oxygens (including phenoxy) is 3. The number of carbonyl (C=O) groups excluding carboxylic acids is 2. The van der Waals surface area contributed by atoms with Crippen LogP contribution < -0.4 is 0 Å². The summed E-state index contributed by atoms with van der Waals surface area (Å²) in [4.78, 5) is 31.5. The second kappa shape index (κ2) is 13.9. The van der Waals surface area contributed by atoms with Crippen molar-refractivity contribution in [1.82, 2.24) is 14.7 Å². The lowest BCUT2D eigenvalue weighted by Gasteiger charge is -2.26. The number of hydrogen-bond donors (Lipinski definition) is 0. The first kappa shape index (κ1) is 27.6. The van der Waals surface area contributed by atoms with Gasteiger partial charge in [0.1, 0.15) is 0 Å². The van der Waals surface area contributed by atoms with Crippen LogP contribution in [0.3, 0.4) is 0 Å². The van der Waals surface area contributed by atoms with E-state index in [2.05, 4.69) is 4.90 Å². The average molecular weight is 450 g/mol. The molecule has 32 heavy (non-hydrogen) atoms. The molecule has 1 rings (SSSR count). The molecule has 0 radical (unpaired) electrons. The minimum Gasteiger partial charge on any atom is -0.383 e. The summed E-state index contributed by atoms with van der Waals surface area (Å²) in [5, 5.41) is 0. The van der Waals surface area contributed by atoms with Crippen LogP contribution in [0.5, 0.6) is 0 Å². The molecule has 0 aliphatic carbocycles. The topological polar surface area (TPSA) is 71.5 Å². The second-order valence-electron chi connectivity index (χ2n) is 8.00. The Labute approximate surface area is 192 Å². The number of nitrogens with zero attached hydrogens (tertiary/aromatic N) is 3. The van der Waals surface area contributed by atoms with E-state index in [0.717, 1.165) is 16.8 Å². The second-order valence-corrected chi connectivity index (χ2v) is 8.00. The molecule has 0 aliphatic heterocycles. The van der Waals surface area contributed by atoms with Gasteiger partial charge in [-0.05, 0) is 37.6 Å². The normalized spacial score (nSPS) is 10.6. The van der Waals surface area contributed by atoms with Crippen LogP contribution in [0.4, 0.5) is 0 Å². The molecule has 8 nitrogen and oxygen atoms in total. The van der Waals surface area contributed by atoms with Crippen LogP contribution in [-0.2, 0) is 14.2 Å². The summed E-state index contributed by atoms with van der Waals surface area (Å²) in [6.45, 7) is 7.07. The molecule has 1 aromatic carbocycles. The summed E-state index contributed by atoms with van der Waals surface area (Å²) in [7, 11) is 10.3. The fourth-order valence-corrected chi connectivity index (χ4v) is 3.34. The number of allylic oxidation sites excluding steroid dienone is 1. The number of benzene rings is 1. The van der Waals surface area contributed by atoms with E-state index in [-0.39, 0.29) is 11.8 Å². The molecule has 8 heteroatoms. The van der Waals surface area contributed by atoms with Crippen LogP contribution >= 0.6 is 0 Å². The summed E-state index contributed by atoms with van der Waals surface area (Å²) >= 11 is 0. The smallest absolute Gasteiger partial charge is 0.253 e. The van der Waals surface area contributed by atoms with E-state index < -0.39 is 0 Å². The Kier molecular flexibility index (Phi) is 12.0. The van der Waals surface area contributed by atoms with Crippen molar-refractivity contribution < 1.29 is 23.8 Å². The van der Waals surface area contributed by atoms with Crippen LogP contribution in [0.1, 0.15) is 40.1 Å². The maximum absolute atomic E-state index is 13.1. The standard InChI is InChI=1S/C24H39N3O5/c1-18(2)22(25(3)9-12-30-6)19-15-20(23(28)26(4)10-13-31-7)17-21(16-19)24(29)27(5)11-14-32-8/h15-17H,9-14H2,1-8H3. The molecule has 0 heterocycles. The molecule has 2 amide bonds. The highest BCUT2D eigenvalue weighted by Crippen LogP contribution is 2.25. The molecule has 0 spiro atoms. The lowest BCUT2D eigenvalue weighted by atomic mass is 9.99. The summed E-state index contributed by atoms with van der Waals surface area (Å²) < 4.78 is 15.4. The Bertz CT molecular complexity index is 746. The minimum atomic E-state index is -0.162. The zero-order valence-electron chi connectivity index (χ0n) is 20.9. The van der Waals surface area contributed by atoms with Crippen molar-refractivity contribution in [2.24, 2.45) is 0 Å². The van der Waals surface area contributed by atoms with Gasteiger partial charge in [-0.25, -0.2) is 0 Å². The number of carbonyl (C=O) groups is 2. The maximum Gasteiger partial charge on any atom is 0.253 e. The van der Waals surface area contributed by atoms with Gasteiger partial charge < -0.3 is 28.9 Å². The fraction of sp³-hybridized carbons (Fsp3) is 0.583. The van der Waals surface area contributed by atoms with Gasteiger partial charge in [0.2, 0.25) is 0 Å². The van der Waals surface area contributed by atoms with E-state index in [1.54, 1.807) is 51.3 Å². The van der Waals surface area contributed by atoms with Crippen molar-refractivity contribution >= 4 is 17.5 Å². The SMILES string of the molecule is COCCN(C)C(=O)c1cc(C(=O)N(C)CCOC)cc(C(=C(C)C)N(C)CCOC)c1. The predicted molar refractivity (Wildman–Crippen MR) is 127 cm³/mol. The van der Waals surface area contributed by atoms with Gasteiger partial charge in [0.15, 0.2) is 0 Å². The van der Waals surface area contributed by atoms with Gasteiger partial charge in [0.05, 0.1) is 19.8 Å². The molecule has 0 saturated heterocycles. The van der Waals surface area contributed by atoms with Crippen LogP contribution in [0.2, 0.25) is 0 Å². The van der Waals surface area contributed by atoms with Gasteiger partial charge in [0, 0.05) is 78.9 Å². The van der Waals surface area contributed by atoms with Crippen molar-refractivity contribution in [3.63, 3.8) is 0 Å². The minimum absolute atomic E-state index is 0.162. The summed E-state index contributed by atoms with van der Waals surface area (Å²) in [6, 6.07) is 5.37. The molecule has 0 saturated carbocycles. The molecule has 0 atom stereocenters. The molecule has 0 aromatic heterocycles. The van der Waals surface area contributed by atoms with Crippen LogP contribution in [0.25, 0.3) is 5.70 Å². The van der Waals surface area contributed by atoms with Crippen molar-refractivity contribution in [1.29, 1.82) is 0 Å². The van der Waals surface area contributed by atoms with E-state index in [9.17, 15) is 9.59 Å². The number of rotatable bonds is 13. The average Bonchev–Trinajstić information content (AvgIpc) is 2.78. The van der Waals surface area contributed by atoms with E-state index in [4.69, 9.17) is 14.2 Å². The van der Waals surface area contributed by atoms with Crippen molar-refractivity contribution in [3.05, 3.63) is 40.5 Å².